The average molecular weight is 308 g/mol. The maximum Gasteiger partial charge on any atom is 0.297 e. The molecule has 0 radical (unpaired) electrons. The number of hydrogen-bond acceptors (Lipinski definition) is 4. The van der Waals surface area contributed by atoms with Crippen LogP contribution in [-0.4, -0.2) is 20.3 Å². The molecule has 0 N–H and O–H groups in total. The zero-order valence-corrected chi connectivity index (χ0v) is 13.6. The lowest BCUT2D eigenvalue weighted by molar-refractivity contribution is 0.0983. The highest BCUT2D eigenvalue weighted by atomic mass is 32.2. The number of rotatable bonds is 6. The number of hydrogen-bond donors (Lipinski definition) is 0. The van der Waals surface area contributed by atoms with Gasteiger partial charge in [-0.3, -0.25) is 8.98 Å². The van der Waals surface area contributed by atoms with Crippen molar-refractivity contribution < 1.29 is 17.4 Å². The Labute approximate surface area is 126 Å². The highest BCUT2D eigenvalue weighted by molar-refractivity contribution is 7.86. The summed E-state index contributed by atoms with van der Waals surface area (Å²) in [5.74, 6) is 2.25. The molecule has 0 heterocycles. The van der Waals surface area contributed by atoms with Crippen LogP contribution in [0.3, 0.4) is 0 Å². The highest BCUT2D eigenvalue weighted by Crippen LogP contribution is 2.24. The molecular weight excluding hydrogens is 288 g/mol. The van der Waals surface area contributed by atoms with Gasteiger partial charge in [0.2, 0.25) is 0 Å². The van der Waals surface area contributed by atoms with Crippen LogP contribution >= 0.6 is 0 Å². The molecular formula is C16H20O4S. The molecule has 0 spiro atoms. The molecule has 0 atom stereocenters. The van der Waals surface area contributed by atoms with Crippen LogP contribution in [0, 0.1) is 26.2 Å². The molecule has 0 unspecified atom stereocenters. The summed E-state index contributed by atoms with van der Waals surface area (Å²) in [5, 5.41) is 0. The van der Waals surface area contributed by atoms with E-state index in [-0.39, 0.29) is 17.1 Å². The van der Waals surface area contributed by atoms with Gasteiger partial charge in [-0.2, -0.15) is 8.42 Å². The number of terminal acetylenes is 1. The van der Waals surface area contributed by atoms with Crippen molar-refractivity contribution >= 4 is 15.9 Å². The molecule has 0 aromatic heterocycles. The summed E-state index contributed by atoms with van der Waals surface area (Å²) in [6, 6.07) is 3.07. The van der Waals surface area contributed by atoms with Gasteiger partial charge < -0.3 is 0 Å². The number of carbonyl (C=O) groups is 1. The molecule has 0 amide bonds. The quantitative estimate of drug-likeness (QED) is 0.460. The molecule has 0 aliphatic heterocycles. The van der Waals surface area contributed by atoms with E-state index in [4.69, 9.17) is 10.6 Å². The lowest BCUT2D eigenvalue weighted by Gasteiger charge is -2.13. The predicted octanol–water partition coefficient (Wildman–Crippen LogP) is 3.01. The molecule has 0 fully saturated rings. The Morgan fingerprint density at radius 3 is 2.43 bits per heavy atom. The van der Waals surface area contributed by atoms with Crippen LogP contribution in [-0.2, 0) is 14.3 Å². The average Bonchev–Trinajstić information content (AvgIpc) is 2.33. The Kier molecular flexibility index (Phi) is 5.70. The van der Waals surface area contributed by atoms with E-state index in [0.29, 0.717) is 17.5 Å². The van der Waals surface area contributed by atoms with Crippen molar-refractivity contribution in [3.8, 4) is 12.3 Å². The van der Waals surface area contributed by atoms with E-state index in [2.05, 4.69) is 5.92 Å². The fourth-order valence-electron chi connectivity index (χ4n) is 2.03. The fourth-order valence-corrected chi connectivity index (χ4v) is 3.35. The molecule has 4 nitrogen and oxygen atoms in total. The predicted molar refractivity (Wildman–Crippen MR) is 81.7 cm³/mol. The van der Waals surface area contributed by atoms with E-state index in [1.54, 1.807) is 33.8 Å². The molecule has 0 aliphatic rings. The third-order valence-electron chi connectivity index (χ3n) is 2.91. The Morgan fingerprint density at radius 1 is 1.29 bits per heavy atom. The third-order valence-corrected chi connectivity index (χ3v) is 4.52. The first kappa shape index (κ1) is 17.4. The van der Waals surface area contributed by atoms with E-state index in [1.165, 1.54) is 6.07 Å². The van der Waals surface area contributed by atoms with Gasteiger partial charge in [0.05, 0.1) is 11.0 Å². The topological polar surface area (TPSA) is 60.4 Å². The summed E-state index contributed by atoms with van der Waals surface area (Å²) in [6.07, 6.45) is 5.22. The minimum atomic E-state index is -3.88. The number of carbonyl (C=O) groups excluding carboxylic acids is 1. The molecule has 21 heavy (non-hydrogen) atoms. The summed E-state index contributed by atoms with van der Waals surface area (Å²) in [4.78, 5) is 12.1. The van der Waals surface area contributed by atoms with Gasteiger partial charge in [0.25, 0.3) is 10.1 Å². The van der Waals surface area contributed by atoms with Crippen LogP contribution in [0.25, 0.3) is 0 Å². The highest BCUT2D eigenvalue weighted by Gasteiger charge is 2.22. The normalized spacial score (nSPS) is 11.4. The summed E-state index contributed by atoms with van der Waals surface area (Å²) in [6.45, 7) is 6.73. The molecule has 1 aromatic carbocycles. The van der Waals surface area contributed by atoms with Gasteiger partial charge in [-0.15, -0.1) is 12.3 Å². The lowest BCUT2D eigenvalue weighted by Crippen LogP contribution is -2.15. The largest absolute Gasteiger partial charge is 0.297 e. The molecule has 0 aliphatic carbocycles. The number of ketones is 1. The lowest BCUT2D eigenvalue weighted by atomic mass is 9.99. The molecule has 0 saturated carbocycles. The summed E-state index contributed by atoms with van der Waals surface area (Å²) >= 11 is 0. The number of aryl methyl sites for hydroxylation is 2. The van der Waals surface area contributed by atoms with Crippen LogP contribution in [0.5, 0.6) is 0 Å². The van der Waals surface area contributed by atoms with Crippen molar-refractivity contribution in [1.29, 1.82) is 0 Å². The first-order valence-corrected chi connectivity index (χ1v) is 8.11. The minimum absolute atomic E-state index is 0.0332. The second-order valence-corrected chi connectivity index (χ2v) is 6.70. The summed E-state index contributed by atoms with van der Waals surface area (Å²) in [5.41, 5.74) is 1.67. The van der Waals surface area contributed by atoms with E-state index in [9.17, 15) is 13.2 Å². The standard InChI is InChI=1S/C16H20O4S/c1-6-7-8-15(17)14-10-16(13(5)9-12(14)4)21(18,19)20-11(2)3/h1,9-11H,7-8H2,2-5H3. The van der Waals surface area contributed by atoms with Crippen LogP contribution < -0.4 is 0 Å². The fraction of sp³-hybridized carbons (Fsp3) is 0.438. The van der Waals surface area contributed by atoms with Gasteiger partial charge in [0.15, 0.2) is 5.78 Å². The van der Waals surface area contributed by atoms with E-state index in [0.717, 1.165) is 5.56 Å². The van der Waals surface area contributed by atoms with Crippen LogP contribution in [0.1, 0.15) is 48.2 Å². The van der Waals surface area contributed by atoms with Gasteiger partial charge in [0.1, 0.15) is 0 Å². The monoisotopic (exact) mass is 308 g/mol. The Bertz CT molecular complexity index is 679. The van der Waals surface area contributed by atoms with Gasteiger partial charge in [-0.25, -0.2) is 0 Å². The smallest absolute Gasteiger partial charge is 0.294 e. The molecule has 0 saturated heterocycles. The van der Waals surface area contributed by atoms with Gasteiger partial charge in [0, 0.05) is 18.4 Å². The van der Waals surface area contributed by atoms with Crippen molar-refractivity contribution in [3.63, 3.8) is 0 Å². The second-order valence-electron chi connectivity index (χ2n) is 5.16. The van der Waals surface area contributed by atoms with Gasteiger partial charge in [-0.1, -0.05) is 6.07 Å². The van der Waals surface area contributed by atoms with Crippen molar-refractivity contribution in [2.45, 2.75) is 51.5 Å². The summed E-state index contributed by atoms with van der Waals surface area (Å²) < 4.78 is 29.4. The van der Waals surface area contributed by atoms with E-state index >= 15 is 0 Å². The minimum Gasteiger partial charge on any atom is -0.294 e. The van der Waals surface area contributed by atoms with Crippen molar-refractivity contribution in [3.05, 3.63) is 28.8 Å². The molecule has 1 rings (SSSR count). The molecule has 1 aromatic rings. The Morgan fingerprint density at radius 2 is 1.90 bits per heavy atom. The Balaban J connectivity index is 3.31. The molecule has 114 valence electrons. The van der Waals surface area contributed by atoms with Crippen molar-refractivity contribution in [2.75, 3.05) is 0 Å². The third kappa shape index (κ3) is 4.42. The first-order valence-electron chi connectivity index (χ1n) is 6.70. The maximum absolute atomic E-state index is 12.2. The number of Topliss-reactive ketones (excluding diaryl/α,β-unsaturated/α-hetero) is 1. The number of benzene rings is 1. The van der Waals surface area contributed by atoms with Crippen molar-refractivity contribution in [2.24, 2.45) is 0 Å². The van der Waals surface area contributed by atoms with Gasteiger partial charge in [-0.05, 0) is 44.9 Å². The maximum atomic E-state index is 12.2. The van der Waals surface area contributed by atoms with Gasteiger partial charge >= 0.3 is 0 Å². The zero-order valence-electron chi connectivity index (χ0n) is 12.8. The zero-order chi connectivity index (χ0) is 16.2. The van der Waals surface area contributed by atoms with Crippen LogP contribution in [0.4, 0.5) is 0 Å². The summed E-state index contributed by atoms with van der Waals surface area (Å²) in [7, 11) is -3.88. The van der Waals surface area contributed by atoms with Crippen molar-refractivity contribution in [1.82, 2.24) is 0 Å². The van der Waals surface area contributed by atoms with E-state index < -0.39 is 16.2 Å². The van der Waals surface area contributed by atoms with E-state index in [1.807, 2.05) is 0 Å². The molecule has 0 bridgehead atoms. The second kappa shape index (κ2) is 6.88. The van der Waals surface area contributed by atoms with Crippen LogP contribution in [0.2, 0.25) is 0 Å². The SMILES string of the molecule is C#CCCC(=O)c1cc(S(=O)(=O)OC(C)C)c(C)cc1C. The Hall–Kier alpha value is -1.64. The van der Waals surface area contributed by atoms with Crippen LogP contribution in [0.15, 0.2) is 17.0 Å². The first-order chi connectivity index (χ1) is 9.69. The molecule has 5 heteroatoms.